The highest BCUT2D eigenvalue weighted by Gasteiger charge is 2.29. The minimum atomic E-state index is -0.156. The van der Waals surface area contributed by atoms with E-state index in [0.717, 1.165) is 48.6 Å². The molecule has 0 saturated carbocycles. The van der Waals surface area contributed by atoms with E-state index >= 15 is 0 Å². The standard InChI is InChI=1S/C25H27FN4S.2ClH/c1-17-13-22-24(23-19(6-4-10-27-23)15-28-25(22)31-17)30-12-11-29(2)21(16-30)9-8-18-5-3-7-20(26)14-18;;/h3-7,10,13-15,21,28H,8-9,11-12,16H2,1-2H3;2*1H. The first-order valence-corrected chi connectivity index (χ1v) is 11.6. The van der Waals surface area contributed by atoms with Crippen molar-refractivity contribution in [2.75, 3.05) is 32.0 Å². The van der Waals surface area contributed by atoms with Gasteiger partial charge in [0.25, 0.3) is 0 Å². The summed E-state index contributed by atoms with van der Waals surface area (Å²) in [5.41, 5.74) is 3.53. The SMILES string of the molecule is Cc1cc2c(s1)NC=c1cccnc1=C2N1CCN(C)C(CCc2cccc(F)c2)C1.Cl.Cl. The van der Waals surface area contributed by atoms with Gasteiger partial charge in [0.15, 0.2) is 0 Å². The van der Waals surface area contributed by atoms with Crippen molar-refractivity contribution >= 4 is 53.0 Å². The zero-order valence-corrected chi connectivity index (χ0v) is 21.2. The topological polar surface area (TPSA) is 31.4 Å². The van der Waals surface area contributed by atoms with Crippen LogP contribution in [0.3, 0.4) is 0 Å². The zero-order chi connectivity index (χ0) is 21.4. The summed E-state index contributed by atoms with van der Waals surface area (Å²) in [4.78, 5) is 11.0. The van der Waals surface area contributed by atoms with Crippen LogP contribution < -0.4 is 15.9 Å². The van der Waals surface area contributed by atoms with Gasteiger partial charge in [-0.15, -0.1) is 36.2 Å². The Morgan fingerprint density at radius 3 is 2.82 bits per heavy atom. The molecule has 1 unspecified atom stereocenters. The summed E-state index contributed by atoms with van der Waals surface area (Å²) < 4.78 is 13.6. The summed E-state index contributed by atoms with van der Waals surface area (Å²) in [5.74, 6) is -0.156. The summed E-state index contributed by atoms with van der Waals surface area (Å²) in [6, 6.07) is 13.8. The van der Waals surface area contributed by atoms with Crippen LogP contribution in [0.5, 0.6) is 0 Å². The van der Waals surface area contributed by atoms with Crippen LogP contribution in [0.2, 0.25) is 0 Å². The van der Waals surface area contributed by atoms with Crippen LogP contribution >= 0.6 is 36.2 Å². The minimum absolute atomic E-state index is 0. The minimum Gasteiger partial charge on any atom is -0.366 e. The van der Waals surface area contributed by atoms with E-state index < -0.39 is 0 Å². The lowest BCUT2D eigenvalue weighted by molar-refractivity contribution is 0.128. The maximum absolute atomic E-state index is 13.6. The Morgan fingerprint density at radius 1 is 1.15 bits per heavy atom. The molecule has 0 radical (unpaired) electrons. The Labute approximate surface area is 210 Å². The summed E-state index contributed by atoms with van der Waals surface area (Å²) in [7, 11) is 2.20. The molecule has 2 aliphatic heterocycles. The third-order valence-electron chi connectivity index (χ3n) is 6.28. The molecule has 1 aromatic carbocycles. The van der Waals surface area contributed by atoms with E-state index in [0.29, 0.717) is 6.04 Å². The summed E-state index contributed by atoms with van der Waals surface area (Å²) in [6.07, 6.45) is 5.83. The monoisotopic (exact) mass is 506 g/mol. The number of pyridine rings is 1. The molecule has 4 nitrogen and oxygen atoms in total. The molecular weight excluding hydrogens is 478 g/mol. The van der Waals surface area contributed by atoms with Gasteiger partial charge in [-0.05, 0) is 62.7 Å². The lowest BCUT2D eigenvalue weighted by Crippen LogP contribution is -2.52. The van der Waals surface area contributed by atoms with E-state index in [4.69, 9.17) is 4.98 Å². The molecule has 176 valence electrons. The molecule has 1 saturated heterocycles. The number of hydrogen-bond donors (Lipinski definition) is 1. The number of thiophene rings is 1. The number of aryl methyl sites for hydroxylation is 2. The highest BCUT2D eigenvalue weighted by Crippen LogP contribution is 2.35. The second-order valence-electron chi connectivity index (χ2n) is 8.43. The molecule has 2 aliphatic rings. The molecule has 2 aromatic heterocycles. The van der Waals surface area contributed by atoms with Gasteiger partial charge in [-0.25, -0.2) is 4.39 Å². The van der Waals surface area contributed by atoms with Gasteiger partial charge < -0.3 is 10.2 Å². The summed E-state index contributed by atoms with van der Waals surface area (Å²) in [6.45, 7) is 5.05. The number of benzene rings is 1. The second kappa shape index (κ2) is 10.9. The maximum Gasteiger partial charge on any atom is 0.123 e. The average molecular weight is 508 g/mol. The third kappa shape index (κ3) is 5.35. The van der Waals surface area contributed by atoms with Crippen molar-refractivity contribution in [3.05, 3.63) is 81.1 Å². The molecule has 5 rings (SSSR count). The first kappa shape index (κ1) is 25.5. The Hall–Kier alpha value is -2.12. The molecule has 0 spiro atoms. The number of aromatic nitrogens is 1. The van der Waals surface area contributed by atoms with E-state index in [1.165, 1.54) is 27.2 Å². The van der Waals surface area contributed by atoms with Crippen molar-refractivity contribution in [3.63, 3.8) is 0 Å². The highest BCUT2D eigenvalue weighted by atomic mass is 35.5. The molecule has 1 fully saturated rings. The van der Waals surface area contributed by atoms with E-state index in [1.54, 1.807) is 23.5 Å². The van der Waals surface area contributed by atoms with Gasteiger partial charge in [0.05, 0.1) is 11.0 Å². The van der Waals surface area contributed by atoms with Gasteiger partial charge in [-0.1, -0.05) is 12.1 Å². The van der Waals surface area contributed by atoms with E-state index in [-0.39, 0.29) is 30.6 Å². The molecule has 1 atom stereocenters. The average Bonchev–Trinajstić information content (AvgIpc) is 3.06. The molecule has 33 heavy (non-hydrogen) atoms. The molecule has 1 N–H and O–H groups in total. The lowest BCUT2D eigenvalue weighted by Gasteiger charge is -2.41. The van der Waals surface area contributed by atoms with Crippen LogP contribution in [-0.2, 0) is 6.42 Å². The number of hydrogen-bond acceptors (Lipinski definition) is 5. The Kier molecular flexibility index (Phi) is 8.40. The Morgan fingerprint density at radius 2 is 2.00 bits per heavy atom. The molecule has 0 amide bonds. The Bertz CT molecular complexity index is 1230. The summed E-state index contributed by atoms with van der Waals surface area (Å²) >= 11 is 1.79. The van der Waals surface area contributed by atoms with Gasteiger partial charge in [0.2, 0.25) is 0 Å². The first-order valence-electron chi connectivity index (χ1n) is 10.8. The van der Waals surface area contributed by atoms with Crippen LogP contribution in [0, 0.1) is 12.7 Å². The number of fused-ring (bicyclic) bond motifs is 2. The molecule has 0 aliphatic carbocycles. The number of nitrogens with zero attached hydrogens (tertiary/aromatic N) is 3. The van der Waals surface area contributed by atoms with Crippen molar-refractivity contribution in [1.82, 2.24) is 14.8 Å². The van der Waals surface area contributed by atoms with Gasteiger partial charge in [-0.2, -0.15) is 0 Å². The van der Waals surface area contributed by atoms with Crippen LogP contribution in [0.25, 0.3) is 11.9 Å². The fourth-order valence-electron chi connectivity index (χ4n) is 4.61. The largest absolute Gasteiger partial charge is 0.366 e. The third-order valence-corrected chi connectivity index (χ3v) is 7.26. The van der Waals surface area contributed by atoms with E-state index in [2.05, 4.69) is 47.4 Å². The molecule has 4 heterocycles. The number of anilines is 1. The maximum atomic E-state index is 13.6. The molecule has 8 heteroatoms. The van der Waals surface area contributed by atoms with Gasteiger partial charge in [-0.3, -0.25) is 9.88 Å². The summed E-state index contributed by atoms with van der Waals surface area (Å²) in [5, 5.41) is 6.85. The zero-order valence-electron chi connectivity index (χ0n) is 18.8. The molecule has 0 bridgehead atoms. The van der Waals surface area contributed by atoms with E-state index in [9.17, 15) is 4.39 Å². The van der Waals surface area contributed by atoms with Crippen LogP contribution in [0.1, 0.15) is 22.4 Å². The van der Waals surface area contributed by atoms with Gasteiger partial charge in [0.1, 0.15) is 10.8 Å². The number of halogens is 3. The molecule has 3 aromatic rings. The number of nitrogens with one attached hydrogen (secondary N) is 1. The Balaban J connectivity index is 0.00000153. The smallest absolute Gasteiger partial charge is 0.123 e. The number of piperazine rings is 1. The normalized spacial score (nSPS) is 17.5. The predicted molar refractivity (Wildman–Crippen MR) is 140 cm³/mol. The van der Waals surface area contributed by atoms with Gasteiger partial charge in [0, 0.05) is 53.7 Å². The fourth-order valence-corrected chi connectivity index (χ4v) is 5.49. The lowest BCUT2D eigenvalue weighted by atomic mass is 10.0. The van der Waals surface area contributed by atoms with Crippen molar-refractivity contribution in [3.8, 4) is 0 Å². The van der Waals surface area contributed by atoms with Gasteiger partial charge >= 0.3 is 0 Å². The van der Waals surface area contributed by atoms with Crippen LogP contribution in [-0.4, -0.2) is 47.5 Å². The van der Waals surface area contributed by atoms with Crippen LogP contribution in [0.15, 0.2) is 48.7 Å². The fraction of sp³-hybridized carbons (Fsp3) is 0.320. The highest BCUT2D eigenvalue weighted by molar-refractivity contribution is 7.16. The first-order chi connectivity index (χ1) is 15.1. The van der Waals surface area contributed by atoms with Crippen LogP contribution in [0.4, 0.5) is 9.39 Å². The predicted octanol–water partition coefficient (Wildman–Crippen LogP) is 4.00. The number of rotatable bonds is 4. The molecular formula is C25H29Cl2FN4S. The van der Waals surface area contributed by atoms with Crippen molar-refractivity contribution in [2.45, 2.75) is 25.8 Å². The van der Waals surface area contributed by atoms with Crippen molar-refractivity contribution in [1.29, 1.82) is 0 Å². The van der Waals surface area contributed by atoms with E-state index in [1.807, 2.05) is 18.3 Å². The van der Waals surface area contributed by atoms with Crippen molar-refractivity contribution in [2.24, 2.45) is 0 Å². The number of likely N-dealkylation sites (N-methyl/N-ethyl adjacent to an activating group) is 1. The quantitative estimate of drug-likeness (QED) is 0.579. The second-order valence-corrected chi connectivity index (χ2v) is 9.68. The van der Waals surface area contributed by atoms with Crippen molar-refractivity contribution < 1.29 is 4.39 Å².